The summed E-state index contributed by atoms with van der Waals surface area (Å²) in [5.74, 6) is -2.89. The fourth-order valence-corrected chi connectivity index (χ4v) is 3.51. The first-order valence-corrected chi connectivity index (χ1v) is 20.7. The lowest BCUT2D eigenvalue weighted by molar-refractivity contribution is -0.153. The van der Waals surface area contributed by atoms with Gasteiger partial charge in [-0.15, -0.1) is 0 Å². The Morgan fingerprint density at radius 1 is 0.714 bits per heavy atom. The van der Waals surface area contributed by atoms with Crippen LogP contribution in [0.1, 0.15) is 6.42 Å². The predicted molar refractivity (Wildman–Crippen MR) is 120 cm³/mol. The maximum Gasteiger partial charge on any atom is 0.333 e. The number of carbonyl (C=O) groups is 3. The molecule has 0 aliphatic carbocycles. The highest BCUT2D eigenvalue weighted by molar-refractivity contribution is 6.76. The molecule has 0 saturated carbocycles. The largest absolute Gasteiger partial charge is 0.469 e. The maximum atomic E-state index is 12.6. The van der Waals surface area contributed by atoms with Gasteiger partial charge in [-0.1, -0.05) is 65.5 Å². The number of hydrogen-bond acceptors (Lipinski definition) is 6. The standard InChI is InChI=1S/C19H38O6Si3/c1-15(18(21)24-13-27(5,6)7)16(19(22)25-14-28(8,9)10)11-17(20)23-12-26(2,3)4/h16H,1,11-14H2,2-10H3. The summed E-state index contributed by atoms with van der Waals surface area (Å²) in [4.78, 5) is 37.3. The minimum atomic E-state index is -1.64. The van der Waals surface area contributed by atoms with Gasteiger partial charge in [0.1, 0.15) is 0 Å². The summed E-state index contributed by atoms with van der Waals surface area (Å²) in [5, 5.41) is 0. The molecule has 9 heteroatoms. The topological polar surface area (TPSA) is 78.9 Å². The summed E-state index contributed by atoms with van der Waals surface area (Å²) < 4.78 is 16.0. The second-order valence-corrected chi connectivity index (χ2v) is 27.0. The molecule has 1 atom stereocenters. The summed E-state index contributed by atoms with van der Waals surface area (Å²) in [6, 6.07) is 0. The van der Waals surface area contributed by atoms with Crippen LogP contribution in [0.5, 0.6) is 0 Å². The molecule has 0 heterocycles. The Morgan fingerprint density at radius 3 is 1.54 bits per heavy atom. The van der Waals surface area contributed by atoms with Gasteiger partial charge in [-0.05, 0) is 0 Å². The Balaban J connectivity index is 5.20. The van der Waals surface area contributed by atoms with E-state index in [4.69, 9.17) is 14.2 Å². The summed E-state index contributed by atoms with van der Waals surface area (Å²) in [6.45, 7) is 22.4. The third-order valence-corrected chi connectivity index (χ3v) is 6.32. The highest BCUT2D eigenvalue weighted by Gasteiger charge is 2.33. The van der Waals surface area contributed by atoms with Crippen LogP contribution in [0.15, 0.2) is 12.2 Å². The average Bonchev–Trinajstić information content (AvgIpc) is 2.50. The minimum Gasteiger partial charge on any atom is -0.469 e. The molecule has 0 rings (SSSR count). The van der Waals surface area contributed by atoms with E-state index in [-0.39, 0.29) is 12.0 Å². The molecule has 0 aromatic rings. The van der Waals surface area contributed by atoms with Gasteiger partial charge in [0.15, 0.2) is 0 Å². The highest BCUT2D eigenvalue weighted by atomic mass is 28.3. The average molecular weight is 447 g/mol. The molecule has 0 aromatic heterocycles. The molecule has 0 aromatic carbocycles. The molecule has 0 spiro atoms. The van der Waals surface area contributed by atoms with E-state index in [1.807, 2.05) is 0 Å². The number of ether oxygens (including phenoxy) is 3. The molecule has 0 aliphatic heterocycles. The molecule has 0 amide bonds. The Kier molecular flexibility index (Phi) is 10.1. The second-order valence-electron chi connectivity index (χ2n) is 10.8. The van der Waals surface area contributed by atoms with Crippen LogP contribution in [0.2, 0.25) is 58.9 Å². The molecule has 6 nitrogen and oxygen atoms in total. The van der Waals surface area contributed by atoms with Gasteiger partial charge in [0.2, 0.25) is 0 Å². The van der Waals surface area contributed by atoms with Crippen LogP contribution in [0.3, 0.4) is 0 Å². The normalized spacial score (nSPS) is 13.5. The summed E-state index contributed by atoms with van der Waals surface area (Å²) in [6.07, 6.45) is 0.718. The van der Waals surface area contributed by atoms with Crippen LogP contribution in [0.4, 0.5) is 0 Å². The number of carbonyl (C=O) groups excluding carboxylic acids is 3. The molecule has 1 unspecified atom stereocenters. The fourth-order valence-electron chi connectivity index (χ4n) is 1.78. The van der Waals surface area contributed by atoms with Crippen molar-refractivity contribution in [3.05, 3.63) is 12.2 Å². The number of esters is 3. The molecule has 0 N–H and O–H groups in total. The molecule has 0 bridgehead atoms. The molecule has 0 saturated heterocycles. The molecular formula is C19H38O6Si3. The van der Waals surface area contributed by atoms with Gasteiger partial charge in [-0.25, -0.2) is 4.79 Å². The van der Waals surface area contributed by atoms with Crippen LogP contribution in [-0.2, 0) is 28.6 Å². The SMILES string of the molecule is C=C(C(=O)OC[Si](C)(C)C)C(CC(=O)OC[Si](C)(C)C)C(=O)OC[Si](C)(C)C. The van der Waals surface area contributed by atoms with Crippen molar-refractivity contribution in [2.24, 2.45) is 5.92 Å². The summed E-state index contributed by atoms with van der Waals surface area (Å²) in [7, 11) is -4.84. The van der Waals surface area contributed by atoms with Gasteiger partial charge < -0.3 is 14.2 Å². The van der Waals surface area contributed by atoms with E-state index >= 15 is 0 Å². The van der Waals surface area contributed by atoms with Crippen molar-refractivity contribution in [1.82, 2.24) is 0 Å². The molecule has 0 aliphatic rings. The smallest absolute Gasteiger partial charge is 0.333 e. The van der Waals surface area contributed by atoms with Crippen LogP contribution in [0.25, 0.3) is 0 Å². The first-order chi connectivity index (χ1) is 12.4. The third-order valence-electron chi connectivity index (χ3n) is 3.29. The van der Waals surface area contributed by atoms with Gasteiger partial charge in [-0.3, -0.25) is 9.59 Å². The van der Waals surface area contributed by atoms with Crippen LogP contribution in [0, 0.1) is 5.92 Å². The number of rotatable bonds is 11. The van der Waals surface area contributed by atoms with E-state index in [1.165, 1.54) is 0 Å². The molecule has 0 fully saturated rings. The van der Waals surface area contributed by atoms with Gasteiger partial charge >= 0.3 is 17.9 Å². The van der Waals surface area contributed by atoms with Gasteiger partial charge in [-0.2, -0.15) is 0 Å². The lowest BCUT2D eigenvalue weighted by Crippen LogP contribution is -2.36. The van der Waals surface area contributed by atoms with Crippen molar-refractivity contribution in [1.29, 1.82) is 0 Å². The zero-order valence-corrected chi connectivity index (χ0v) is 22.1. The van der Waals surface area contributed by atoms with Gasteiger partial charge in [0, 0.05) is 5.57 Å². The zero-order valence-electron chi connectivity index (χ0n) is 19.1. The Morgan fingerprint density at radius 2 is 1.11 bits per heavy atom. The van der Waals surface area contributed by atoms with Crippen molar-refractivity contribution >= 4 is 42.1 Å². The Labute approximate surface area is 173 Å². The second kappa shape index (κ2) is 10.5. The lowest BCUT2D eigenvalue weighted by atomic mass is 9.97. The quantitative estimate of drug-likeness (QED) is 0.208. The zero-order chi connectivity index (χ0) is 22.3. The van der Waals surface area contributed by atoms with E-state index in [0.717, 1.165) is 0 Å². The third kappa shape index (κ3) is 13.1. The first kappa shape index (κ1) is 26.8. The lowest BCUT2D eigenvalue weighted by Gasteiger charge is -2.22. The van der Waals surface area contributed by atoms with Crippen LogP contribution in [-0.4, -0.2) is 60.8 Å². The molecule has 28 heavy (non-hydrogen) atoms. The van der Waals surface area contributed by atoms with Crippen molar-refractivity contribution < 1.29 is 28.6 Å². The van der Waals surface area contributed by atoms with Crippen molar-refractivity contribution in [2.45, 2.75) is 65.3 Å². The predicted octanol–water partition coefficient (Wildman–Crippen LogP) is 3.81. The van der Waals surface area contributed by atoms with Crippen molar-refractivity contribution in [3.63, 3.8) is 0 Å². The molecule has 162 valence electrons. The van der Waals surface area contributed by atoms with Gasteiger partial charge in [0.05, 0.1) is 55.3 Å². The van der Waals surface area contributed by atoms with E-state index in [0.29, 0.717) is 18.7 Å². The van der Waals surface area contributed by atoms with E-state index in [9.17, 15) is 14.4 Å². The maximum absolute atomic E-state index is 12.6. The summed E-state index contributed by atoms with van der Waals surface area (Å²) in [5.41, 5.74) is -0.0521. The first-order valence-electron chi connectivity index (χ1n) is 9.59. The van der Waals surface area contributed by atoms with Crippen LogP contribution >= 0.6 is 0 Å². The summed E-state index contributed by atoms with van der Waals surface area (Å²) >= 11 is 0. The fraction of sp³-hybridized carbons (Fsp3) is 0.737. The minimum absolute atomic E-state index is 0.0521. The van der Waals surface area contributed by atoms with E-state index < -0.39 is 48.0 Å². The van der Waals surface area contributed by atoms with E-state index in [2.05, 4.69) is 65.5 Å². The monoisotopic (exact) mass is 446 g/mol. The van der Waals surface area contributed by atoms with Crippen molar-refractivity contribution in [3.8, 4) is 0 Å². The molecular weight excluding hydrogens is 408 g/mol. The number of hydrogen-bond donors (Lipinski definition) is 0. The van der Waals surface area contributed by atoms with Gasteiger partial charge in [0.25, 0.3) is 0 Å². The highest BCUT2D eigenvalue weighted by Crippen LogP contribution is 2.20. The van der Waals surface area contributed by atoms with Crippen LogP contribution < -0.4 is 0 Å². The molecule has 0 radical (unpaired) electrons. The Bertz CT molecular complexity index is 582. The van der Waals surface area contributed by atoms with Crippen molar-refractivity contribution in [2.75, 3.05) is 18.7 Å². The Hall–Kier alpha value is -1.20. The van der Waals surface area contributed by atoms with E-state index in [1.54, 1.807) is 0 Å².